The number of halogens is 2. The van der Waals surface area contributed by atoms with Gasteiger partial charge in [-0.1, -0.05) is 23.7 Å². The largest absolute Gasteiger partial charge is 0.324 e. The van der Waals surface area contributed by atoms with E-state index in [1.807, 2.05) is 35.9 Å². The molecule has 102 valence electrons. The van der Waals surface area contributed by atoms with Gasteiger partial charge < -0.3 is 5.73 Å². The van der Waals surface area contributed by atoms with Crippen LogP contribution in [0.1, 0.15) is 29.9 Å². The van der Waals surface area contributed by atoms with Crippen LogP contribution in [-0.4, -0.2) is 9.78 Å². The summed E-state index contributed by atoms with van der Waals surface area (Å²) in [5.74, 6) is 0. The van der Waals surface area contributed by atoms with E-state index in [9.17, 15) is 0 Å². The molecule has 0 aliphatic rings. The SMILES string of the molecule is CCn1nc(C)c(Br)c1CC(N)c1cccc(Cl)c1. The highest BCUT2D eigenvalue weighted by atomic mass is 79.9. The topological polar surface area (TPSA) is 43.8 Å². The van der Waals surface area contributed by atoms with Crippen LogP contribution >= 0.6 is 27.5 Å². The van der Waals surface area contributed by atoms with E-state index in [0.717, 1.165) is 34.4 Å². The van der Waals surface area contributed by atoms with Crippen LogP contribution in [0.2, 0.25) is 5.02 Å². The van der Waals surface area contributed by atoms with Gasteiger partial charge in [0.15, 0.2) is 0 Å². The van der Waals surface area contributed by atoms with E-state index in [4.69, 9.17) is 17.3 Å². The van der Waals surface area contributed by atoms with Crippen LogP contribution in [0.5, 0.6) is 0 Å². The van der Waals surface area contributed by atoms with Crippen LogP contribution in [0.4, 0.5) is 0 Å². The summed E-state index contributed by atoms with van der Waals surface area (Å²) in [4.78, 5) is 0. The van der Waals surface area contributed by atoms with Crippen molar-refractivity contribution >= 4 is 27.5 Å². The number of nitrogens with two attached hydrogens (primary N) is 1. The molecule has 1 unspecified atom stereocenters. The minimum absolute atomic E-state index is 0.0867. The molecule has 0 bridgehead atoms. The molecule has 2 rings (SSSR count). The van der Waals surface area contributed by atoms with E-state index in [1.165, 1.54) is 0 Å². The summed E-state index contributed by atoms with van der Waals surface area (Å²) < 4.78 is 3.04. The van der Waals surface area contributed by atoms with Gasteiger partial charge in [0.25, 0.3) is 0 Å². The van der Waals surface area contributed by atoms with Gasteiger partial charge >= 0.3 is 0 Å². The molecule has 2 aromatic rings. The van der Waals surface area contributed by atoms with Gasteiger partial charge in [0.2, 0.25) is 0 Å². The number of hydrogen-bond donors (Lipinski definition) is 1. The van der Waals surface area contributed by atoms with Gasteiger partial charge in [-0.25, -0.2) is 0 Å². The first-order valence-electron chi connectivity index (χ1n) is 6.25. The Morgan fingerprint density at radius 2 is 2.21 bits per heavy atom. The third-order valence-electron chi connectivity index (χ3n) is 3.14. The standard InChI is InChI=1S/C14H17BrClN3/c1-3-19-13(14(15)9(2)18-19)8-12(17)10-5-4-6-11(16)7-10/h4-7,12H,3,8,17H2,1-2H3. The summed E-state index contributed by atoms with van der Waals surface area (Å²) in [5.41, 5.74) is 9.45. The van der Waals surface area contributed by atoms with Gasteiger partial charge in [0.1, 0.15) is 0 Å². The zero-order valence-corrected chi connectivity index (χ0v) is 13.4. The summed E-state index contributed by atoms with van der Waals surface area (Å²) in [6, 6.07) is 7.61. The normalized spacial score (nSPS) is 12.7. The van der Waals surface area contributed by atoms with Crippen LogP contribution in [0.25, 0.3) is 0 Å². The van der Waals surface area contributed by atoms with Crippen molar-refractivity contribution in [1.82, 2.24) is 9.78 Å². The molecule has 0 aliphatic carbocycles. The lowest BCUT2D eigenvalue weighted by atomic mass is 10.0. The highest BCUT2D eigenvalue weighted by Gasteiger charge is 2.16. The summed E-state index contributed by atoms with van der Waals surface area (Å²) in [5, 5.41) is 5.20. The average Bonchev–Trinajstić information content (AvgIpc) is 2.66. The second kappa shape index (κ2) is 6.07. The maximum Gasteiger partial charge on any atom is 0.0738 e. The third-order valence-corrected chi connectivity index (χ3v) is 4.41. The molecule has 2 N–H and O–H groups in total. The van der Waals surface area contributed by atoms with Crippen LogP contribution in [0.3, 0.4) is 0 Å². The van der Waals surface area contributed by atoms with Crippen molar-refractivity contribution in [3.05, 3.63) is 50.7 Å². The molecule has 19 heavy (non-hydrogen) atoms. The van der Waals surface area contributed by atoms with Crippen LogP contribution < -0.4 is 5.73 Å². The number of aromatic nitrogens is 2. The number of hydrogen-bond acceptors (Lipinski definition) is 2. The van der Waals surface area contributed by atoms with E-state index in [0.29, 0.717) is 5.02 Å². The Morgan fingerprint density at radius 1 is 1.47 bits per heavy atom. The second-order valence-corrected chi connectivity index (χ2v) is 5.76. The fourth-order valence-corrected chi connectivity index (χ4v) is 2.77. The molecule has 0 spiro atoms. The van der Waals surface area contributed by atoms with Gasteiger partial charge in [-0.3, -0.25) is 4.68 Å². The van der Waals surface area contributed by atoms with E-state index in [2.05, 4.69) is 28.0 Å². The number of aryl methyl sites for hydroxylation is 2. The van der Waals surface area contributed by atoms with Gasteiger partial charge in [0, 0.05) is 24.0 Å². The number of benzene rings is 1. The summed E-state index contributed by atoms with van der Waals surface area (Å²) in [6.45, 7) is 4.90. The Balaban J connectivity index is 2.26. The molecule has 5 heteroatoms. The van der Waals surface area contributed by atoms with E-state index >= 15 is 0 Å². The lowest BCUT2D eigenvalue weighted by Crippen LogP contribution is -2.16. The Bertz CT molecular complexity index is 580. The molecule has 0 aliphatic heterocycles. The first-order chi connectivity index (χ1) is 9.02. The fraction of sp³-hybridized carbons (Fsp3) is 0.357. The minimum Gasteiger partial charge on any atom is -0.324 e. The van der Waals surface area contributed by atoms with Crippen molar-refractivity contribution in [1.29, 1.82) is 0 Å². The van der Waals surface area contributed by atoms with Crippen molar-refractivity contribution in [2.24, 2.45) is 5.73 Å². The fourth-order valence-electron chi connectivity index (χ4n) is 2.13. The van der Waals surface area contributed by atoms with E-state index < -0.39 is 0 Å². The molecule has 1 aromatic heterocycles. The van der Waals surface area contributed by atoms with Crippen molar-refractivity contribution < 1.29 is 0 Å². The maximum atomic E-state index is 6.28. The third kappa shape index (κ3) is 3.19. The predicted octanol–water partition coefficient (Wildman–Crippen LogP) is 3.87. The van der Waals surface area contributed by atoms with Gasteiger partial charge in [-0.15, -0.1) is 0 Å². The Hall–Kier alpha value is -0.840. The first kappa shape index (κ1) is 14.6. The minimum atomic E-state index is -0.0867. The first-order valence-corrected chi connectivity index (χ1v) is 7.42. The maximum absolute atomic E-state index is 6.28. The molecule has 0 radical (unpaired) electrons. The van der Waals surface area contributed by atoms with E-state index in [-0.39, 0.29) is 6.04 Å². The Labute approximate surface area is 126 Å². The lowest BCUT2D eigenvalue weighted by Gasteiger charge is -2.14. The molecule has 1 atom stereocenters. The van der Waals surface area contributed by atoms with Gasteiger partial charge in [-0.05, 0) is 47.5 Å². The van der Waals surface area contributed by atoms with Crippen molar-refractivity contribution in [2.45, 2.75) is 32.9 Å². The highest BCUT2D eigenvalue weighted by molar-refractivity contribution is 9.10. The van der Waals surface area contributed by atoms with Gasteiger partial charge in [0.05, 0.1) is 15.9 Å². The van der Waals surface area contributed by atoms with Crippen LogP contribution in [0, 0.1) is 6.92 Å². The summed E-state index contributed by atoms with van der Waals surface area (Å²) in [7, 11) is 0. The molecular weight excluding hydrogens is 326 g/mol. The molecule has 0 amide bonds. The highest BCUT2D eigenvalue weighted by Crippen LogP contribution is 2.26. The monoisotopic (exact) mass is 341 g/mol. The molecule has 0 saturated heterocycles. The summed E-state index contributed by atoms with van der Waals surface area (Å²) >= 11 is 9.60. The molecular formula is C14H17BrClN3. The van der Waals surface area contributed by atoms with Crippen LogP contribution in [-0.2, 0) is 13.0 Å². The number of nitrogens with zero attached hydrogens (tertiary/aromatic N) is 2. The smallest absolute Gasteiger partial charge is 0.0738 e. The zero-order chi connectivity index (χ0) is 14.0. The Kier molecular flexibility index (Phi) is 4.66. The molecule has 0 saturated carbocycles. The van der Waals surface area contributed by atoms with E-state index in [1.54, 1.807) is 0 Å². The van der Waals surface area contributed by atoms with Gasteiger partial charge in [-0.2, -0.15) is 5.10 Å². The molecule has 0 fully saturated rings. The second-order valence-electron chi connectivity index (χ2n) is 4.53. The molecule has 1 heterocycles. The lowest BCUT2D eigenvalue weighted by molar-refractivity contribution is 0.586. The predicted molar refractivity (Wildman–Crippen MR) is 82.4 cm³/mol. The van der Waals surface area contributed by atoms with Crippen molar-refractivity contribution in [3.8, 4) is 0 Å². The molecule has 1 aromatic carbocycles. The van der Waals surface area contributed by atoms with Crippen molar-refractivity contribution in [2.75, 3.05) is 0 Å². The molecule has 3 nitrogen and oxygen atoms in total. The number of rotatable bonds is 4. The van der Waals surface area contributed by atoms with Crippen LogP contribution in [0.15, 0.2) is 28.7 Å². The van der Waals surface area contributed by atoms with Crippen molar-refractivity contribution in [3.63, 3.8) is 0 Å². The average molecular weight is 343 g/mol. The zero-order valence-electron chi connectivity index (χ0n) is 11.0. The quantitative estimate of drug-likeness (QED) is 0.916. The summed E-state index contributed by atoms with van der Waals surface area (Å²) in [6.07, 6.45) is 0.732. The Morgan fingerprint density at radius 3 is 2.84 bits per heavy atom.